The fraction of sp³-hybridized carbons (Fsp3) is 0.400. The Hall–Kier alpha value is -2.93. The highest BCUT2D eigenvalue weighted by Crippen LogP contribution is 2.41. The van der Waals surface area contributed by atoms with E-state index in [1.807, 2.05) is 37.3 Å². The Labute approximate surface area is 192 Å². The summed E-state index contributed by atoms with van der Waals surface area (Å²) in [6.07, 6.45) is 4.28. The summed E-state index contributed by atoms with van der Waals surface area (Å²) in [6, 6.07) is 8.02. The first-order chi connectivity index (χ1) is 15.0. The van der Waals surface area contributed by atoms with Crippen molar-refractivity contribution in [3.8, 4) is 11.1 Å². The van der Waals surface area contributed by atoms with Crippen molar-refractivity contribution < 1.29 is 24.2 Å². The number of nitrogens with one attached hydrogen (secondary N) is 1. The summed E-state index contributed by atoms with van der Waals surface area (Å²) in [5.41, 5.74) is 3.05. The lowest BCUT2D eigenvalue weighted by atomic mass is 9.82. The lowest BCUT2D eigenvalue weighted by Crippen LogP contribution is -2.34. The molecule has 1 aromatic heterocycles. The topological polar surface area (TPSA) is 92.7 Å². The first-order valence-electron chi connectivity index (χ1n) is 10.6. The lowest BCUT2D eigenvalue weighted by Gasteiger charge is -2.24. The van der Waals surface area contributed by atoms with E-state index < -0.39 is 29.7 Å². The van der Waals surface area contributed by atoms with E-state index >= 15 is 0 Å². The van der Waals surface area contributed by atoms with E-state index in [1.54, 1.807) is 6.08 Å². The molecule has 0 fully saturated rings. The number of carbonyl (C=O) groups is 3. The molecule has 1 heterocycles. The normalized spacial score (nSPS) is 18.3. The first kappa shape index (κ1) is 23.7. The van der Waals surface area contributed by atoms with Gasteiger partial charge in [-0.25, -0.2) is 4.79 Å². The largest absolute Gasteiger partial charge is 0.481 e. The quantitative estimate of drug-likeness (QED) is 0.464. The van der Waals surface area contributed by atoms with Crippen LogP contribution in [0.3, 0.4) is 0 Å². The van der Waals surface area contributed by atoms with E-state index in [-0.39, 0.29) is 5.41 Å². The maximum Gasteiger partial charge on any atom is 0.341 e. The number of aryl methyl sites for hydroxylation is 1. The fourth-order valence-corrected chi connectivity index (χ4v) is 5.06. The molecule has 2 N–H and O–H groups in total. The molecule has 32 heavy (non-hydrogen) atoms. The molecular formula is C25H29NO5S. The molecule has 1 aliphatic rings. The Bertz CT molecular complexity index is 1060. The second kappa shape index (κ2) is 9.28. The summed E-state index contributed by atoms with van der Waals surface area (Å²) in [4.78, 5) is 38.2. The van der Waals surface area contributed by atoms with Gasteiger partial charge in [0.25, 0.3) is 0 Å². The highest BCUT2D eigenvalue weighted by atomic mass is 32.1. The number of thiophene rings is 1. The van der Waals surface area contributed by atoms with Gasteiger partial charge in [-0.05, 0) is 36.3 Å². The zero-order valence-electron chi connectivity index (χ0n) is 19.0. The highest BCUT2D eigenvalue weighted by Gasteiger charge is 2.35. The minimum atomic E-state index is -0.996. The van der Waals surface area contributed by atoms with E-state index in [4.69, 9.17) is 4.74 Å². The van der Waals surface area contributed by atoms with E-state index in [0.717, 1.165) is 16.0 Å². The molecule has 6 nitrogen and oxygen atoms in total. The number of methoxy groups -OCH3 is 1. The van der Waals surface area contributed by atoms with E-state index in [1.165, 1.54) is 24.0 Å². The Morgan fingerprint density at radius 2 is 1.66 bits per heavy atom. The molecule has 1 aromatic carbocycles. The molecule has 2 atom stereocenters. The summed E-state index contributed by atoms with van der Waals surface area (Å²) in [5.74, 6) is -3.42. The van der Waals surface area contributed by atoms with Gasteiger partial charge in [0.05, 0.1) is 18.9 Å². The summed E-state index contributed by atoms with van der Waals surface area (Å²) in [5, 5.41) is 12.7. The summed E-state index contributed by atoms with van der Waals surface area (Å²) >= 11 is 1.29. The van der Waals surface area contributed by atoms with Crippen LogP contribution in [0.5, 0.6) is 0 Å². The minimum absolute atomic E-state index is 0.00165. The zero-order chi connectivity index (χ0) is 23.6. The number of hydrogen-bond acceptors (Lipinski definition) is 5. The van der Waals surface area contributed by atoms with Gasteiger partial charge in [-0.2, -0.15) is 0 Å². The van der Waals surface area contributed by atoms with Gasteiger partial charge < -0.3 is 15.2 Å². The number of esters is 1. The summed E-state index contributed by atoms with van der Waals surface area (Å²) in [6.45, 7) is 8.30. The Morgan fingerprint density at radius 1 is 1.06 bits per heavy atom. The predicted octanol–water partition coefficient (Wildman–Crippen LogP) is 5.41. The van der Waals surface area contributed by atoms with Crippen LogP contribution >= 0.6 is 11.3 Å². The number of allylic oxidation sites excluding steroid dienone is 2. The molecular weight excluding hydrogens is 426 g/mol. The number of carboxylic acids is 1. The Kier molecular flexibility index (Phi) is 6.88. The third-order valence-corrected chi connectivity index (χ3v) is 6.86. The van der Waals surface area contributed by atoms with E-state index in [0.29, 0.717) is 23.4 Å². The van der Waals surface area contributed by atoms with Crippen LogP contribution in [0.4, 0.5) is 5.00 Å². The smallest absolute Gasteiger partial charge is 0.341 e. The van der Waals surface area contributed by atoms with Gasteiger partial charge >= 0.3 is 11.9 Å². The van der Waals surface area contributed by atoms with Crippen molar-refractivity contribution in [1.29, 1.82) is 0 Å². The number of amides is 1. The van der Waals surface area contributed by atoms with Gasteiger partial charge in [-0.3, -0.25) is 9.59 Å². The van der Waals surface area contributed by atoms with Gasteiger partial charge in [0.1, 0.15) is 10.6 Å². The molecule has 1 aliphatic carbocycles. The lowest BCUT2D eigenvalue weighted by molar-refractivity contribution is -0.146. The third-order valence-electron chi connectivity index (χ3n) is 5.84. The van der Waals surface area contributed by atoms with Crippen molar-refractivity contribution in [1.82, 2.24) is 0 Å². The van der Waals surface area contributed by atoms with Crippen molar-refractivity contribution in [2.24, 2.45) is 11.8 Å². The second-order valence-electron chi connectivity index (χ2n) is 9.04. The van der Waals surface area contributed by atoms with Crippen LogP contribution in [0.1, 0.15) is 54.4 Å². The number of ether oxygens (including phenoxy) is 1. The number of aliphatic carboxylic acids is 1. The molecule has 2 aromatic rings. The minimum Gasteiger partial charge on any atom is -0.481 e. The maximum atomic E-state index is 13.0. The van der Waals surface area contributed by atoms with Crippen LogP contribution in [0, 0.1) is 18.8 Å². The number of rotatable bonds is 5. The van der Waals surface area contributed by atoms with Gasteiger partial charge in [0, 0.05) is 10.4 Å². The monoisotopic (exact) mass is 455 g/mol. The summed E-state index contributed by atoms with van der Waals surface area (Å²) in [7, 11) is 1.31. The van der Waals surface area contributed by atoms with Gasteiger partial charge in [-0.1, -0.05) is 57.2 Å². The van der Waals surface area contributed by atoms with Crippen molar-refractivity contribution in [2.75, 3.05) is 12.4 Å². The number of benzene rings is 1. The number of carbonyl (C=O) groups excluding carboxylic acids is 2. The molecule has 0 saturated heterocycles. The molecule has 0 spiro atoms. The number of anilines is 1. The standard InChI is InChI=1S/C25H29NO5S/c1-14-19(15-10-12-16(13-11-15)25(2,3)4)20(24(30)31-5)22(32-14)26-21(27)17-8-6-7-9-18(17)23(28)29/h6-7,10-13,17-18H,8-9H2,1-5H3,(H,26,27)(H,28,29). The van der Waals surface area contributed by atoms with Gasteiger partial charge in [0.15, 0.2) is 0 Å². The molecule has 0 bridgehead atoms. The number of carboxylic acid groups (broad SMARTS) is 1. The van der Waals surface area contributed by atoms with Crippen molar-refractivity contribution in [2.45, 2.75) is 46.0 Å². The van der Waals surface area contributed by atoms with Crippen LogP contribution in [0.2, 0.25) is 0 Å². The van der Waals surface area contributed by atoms with Gasteiger partial charge in [-0.15, -0.1) is 11.3 Å². The average Bonchev–Trinajstić information content (AvgIpc) is 3.08. The molecule has 2 unspecified atom stereocenters. The van der Waals surface area contributed by atoms with Crippen LogP contribution in [-0.2, 0) is 19.7 Å². The van der Waals surface area contributed by atoms with Crippen molar-refractivity contribution >= 4 is 34.2 Å². The van der Waals surface area contributed by atoms with Gasteiger partial charge in [0.2, 0.25) is 5.91 Å². The van der Waals surface area contributed by atoms with Crippen LogP contribution in [0.25, 0.3) is 11.1 Å². The molecule has 0 aliphatic heterocycles. The van der Waals surface area contributed by atoms with Crippen LogP contribution in [0.15, 0.2) is 36.4 Å². The third kappa shape index (κ3) is 4.78. The number of hydrogen-bond donors (Lipinski definition) is 2. The van der Waals surface area contributed by atoms with E-state index in [2.05, 4.69) is 26.1 Å². The SMILES string of the molecule is COC(=O)c1c(NC(=O)C2CC=CCC2C(=O)O)sc(C)c1-c1ccc(C(C)(C)C)cc1. The molecule has 3 rings (SSSR count). The van der Waals surface area contributed by atoms with Crippen LogP contribution < -0.4 is 5.32 Å². The Balaban J connectivity index is 1.99. The Morgan fingerprint density at radius 3 is 2.19 bits per heavy atom. The fourth-order valence-electron chi connectivity index (χ4n) is 4.00. The second-order valence-corrected chi connectivity index (χ2v) is 10.3. The molecule has 0 saturated carbocycles. The first-order valence-corrected chi connectivity index (χ1v) is 11.4. The van der Waals surface area contributed by atoms with E-state index in [9.17, 15) is 19.5 Å². The predicted molar refractivity (Wildman–Crippen MR) is 126 cm³/mol. The molecule has 1 amide bonds. The molecule has 7 heteroatoms. The van der Waals surface area contributed by atoms with Crippen LogP contribution in [-0.4, -0.2) is 30.1 Å². The zero-order valence-corrected chi connectivity index (χ0v) is 19.8. The molecule has 0 radical (unpaired) electrons. The van der Waals surface area contributed by atoms with Crippen molar-refractivity contribution in [3.05, 3.63) is 52.4 Å². The summed E-state index contributed by atoms with van der Waals surface area (Å²) < 4.78 is 5.03. The highest BCUT2D eigenvalue weighted by molar-refractivity contribution is 7.17. The average molecular weight is 456 g/mol. The maximum absolute atomic E-state index is 13.0. The molecule has 170 valence electrons. The van der Waals surface area contributed by atoms with Crippen molar-refractivity contribution in [3.63, 3.8) is 0 Å².